The number of aliphatic hydroxyl groups is 2. The number of aromatic nitrogens is 1. The summed E-state index contributed by atoms with van der Waals surface area (Å²) in [6.07, 6.45) is -3.49. The van der Waals surface area contributed by atoms with Crippen molar-refractivity contribution >= 4 is 23.3 Å². The molecule has 0 spiro atoms. The van der Waals surface area contributed by atoms with E-state index in [1.807, 2.05) is 0 Å². The number of rotatable bonds is 4. The highest BCUT2D eigenvalue weighted by molar-refractivity contribution is 7.10. The molecule has 2 atom stereocenters. The van der Waals surface area contributed by atoms with Gasteiger partial charge in [-0.1, -0.05) is 0 Å². The van der Waals surface area contributed by atoms with Crippen LogP contribution in [-0.2, 0) is 9.53 Å². The standard InChI is InChI=1S/C8H9NO6S/c1-15-8(14)5(11)4(10)6-3(7(12)13)9-2-16-6/h2,4-5,10-11H,1H3,(H,12,13). The molecule has 1 aromatic rings. The van der Waals surface area contributed by atoms with E-state index >= 15 is 0 Å². The Morgan fingerprint density at radius 1 is 1.50 bits per heavy atom. The number of aromatic carboxylic acids is 1. The van der Waals surface area contributed by atoms with Gasteiger partial charge in [-0.05, 0) is 0 Å². The van der Waals surface area contributed by atoms with E-state index in [-0.39, 0.29) is 10.6 Å². The Morgan fingerprint density at radius 2 is 2.12 bits per heavy atom. The molecule has 7 nitrogen and oxygen atoms in total. The fourth-order valence-corrected chi connectivity index (χ4v) is 1.81. The lowest BCUT2D eigenvalue weighted by molar-refractivity contribution is -0.156. The van der Waals surface area contributed by atoms with Crippen molar-refractivity contribution in [2.75, 3.05) is 7.11 Å². The van der Waals surface area contributed by atoms with Crippen LogP contribution in [-0.4, -0.2) is 45.5 Å². The van der Waals surface area contributed by atoms with Gasteiger partial charge in [-0.2, -0.15) is 0 Å². The van der Waals surface area contributed by atoms with Gasteiger partial charge in [-0.3, -0.25) is 0 Å². The fraction of sp³-hybridized carbons (Fsp3) is 0.375. The third kappa shape index (κ3) is 2.35. The van der Waals surface area contributed by atoms with E-state index in [1.54, 1.807) is 0 Å². The van der Waals surface area contributed by atoms with Crippen molar-refractivity contribution in [3.8, 4) is 0 Å². The largest absolute Gasteiger partial charge is 0.476 e. The number of ether oxygens (including phenoxy) is 1. The normalized spacial score (nSPS) is 14.2. The van der Waals surface area contributed by atoms with Crippen LogP contribution in [0.2, 0.25) is 0 Å². The Bertz CT molecular complexity index is 403. The summed E-state index contributed by atoms with van der Waals surface area (Å²) < 4.78 is 4.22. The molecule has 1 rings (SSSR count). The molecule has 0 radical (unpaired) electrons. The summed E-state index contributed by atoms with van der Waals surface area (Å²) in [6, 6.07) is 0. The molecule has 88 valence electrons. The molecule has 16 heavy (non-hydrogen) atoms. The summed E-state index contributed by atoms with van der Waals surface area (Å²) in [6.45, 7) is 0. The molecular formula is C8H9NO6S. The number of nitrogens with zero attached hydrogens (tertiary/aromatic N) is 1. The van der Waals surface area contributed by atoms with Gasteiger partial charge in [0.1, 0.15) is 6.10 Å². The number of esters is 1. The zero-order valence-electron chi connectivity index (χ0n) is 8.15. The molecule has 1 aromatic heterocycles. The number of hydrogen-bond acceptors (Lipinski definition) is 7. The molecule has 1 heterocycles. The highest BCUT2D eigenvalue weighted by Crippen LogP contribution is 2.25. The van der Waals surface area contributed by atoms with Crippen LogP contribution in [0.5, 0.6) is 0 Å². The Hall–Kier alpha value is -1.51. The maximum absolute atomic E-state index is 10.9. The number of thiazole rings is 1. The lowest BCUT2D eigenvalue weighted by Crippen LogP contribution is -2.29. The third-order valence-electron chi connectivity index (χ3n) is 1.81. The van der Waals surface area contributed by atoms with Gasteiger partial charge in [0.15, 0.2) is 11.8 Å². The lowest BCUT2D eigenvalue weighted by atomic mass is 10.1. The van der Waals surface area contributed by atoms with Crippen LogP contribution < -0.4 is 0 Å². The van der Waals surface area contributed by atoms with Gasteiger partial charge in [0.25, 0.3) is 0 Å². The van der Waals surface area contributed by atoms with Gasteiger partial charge in [-0.15, -0.1) is 11.3 Å². The number of carbonyl (C=O) groups excluding carboxylic acids is 1. The van der Waals surface area contributed by atoms with Crippen LogP contribution in [0.1, 0.15) is 21.5 Å². The highest BCUT2D eigenvalue weighted by atomic mass is 32.1. The van der Waals surface area contributed by atoms with Gasteiger partial charge in [0, 0.05) is 0 Å². The molecule has 2 unspecified atom stereocenters. The fourth-order valence-electron chi connectivity index (χ4n) is 1.02. The lowest BCUT2D eigenvalue weighted by Gasteiger charge is -2.14. The number of carboxylic acids is 1. The molecule has 0 aliphatic heterocycles. The van der Waals surface area contributed by atoms with Crippen molar-refractivity contribution in [2.45, 2.75) is 12.2 Å². The van der Waals surface area contributed by atoms with Crippen molar-refractivity contribution in [3.63, 3.8) is 0 Å². The number of methoxy groups -OCH3 is 1. The van der Waals surface area contributed by atoms with Crippen molar-refractivity contribution in [2.24, 2.45) is 0 Å². The van der Waals surface area contributed by atoms with Gasteiger partial charge in [0.2, 0.25) is 0 Å². The first-order valence-corrected chi connectivity index (χ1v) is 4.97. The van der Waals surface area contributed by atoms with Crippen LogP contribution in [0.4, 0.5) is 0 Å². The molecule has 0 fully saturated rings. The first-order valence-electron chi connectivity index (χ1n) is 4.09. The molecule has 0 amide bonds. The minimum Gasteiger partial charge on any atom is -0.476 e. The monoisotopic (exact) mass is 247 g/mol. The van der Waals surface area contributed by atoms with Crippen molar-refractivity contribution in [1.82, 2.24) is 4.98 Å². The van der Waals surface area contributed by atoms with Crippen LogP contribution in [0.15, 0.2) is 5.51 Å². The van der Waals surface area contributed by atoms with Gasteiger partial charge in [0.05, 0.1) is 17.5 Å². The van der Waals surface area contributed by atoms with E-state index in [2.05, 4.69) is 9.72 Å². The number of hydrogen-bond donors (Lipinski definition) is 3. The van der Waals surface area contributed by atoms with E-state index in [0.717, 1.165) is 18.4 Å². The Kier molecular flexibility index (Phi) is 3.93. The SMILES string of the molecule is COC(=O)C(O)C(O)c1scnc1C(=O)O. The molecule has 0 aromatic carbocycles. The molecule has 0 aliphatic carbocycles. The Balaban J connectivity index is 2.96. The van der Waals surface area contributed by atoms with Crippen LogP contribution in [0.3, 0.4) is 0 Å². The molecule has 0 saturated heterocycles. The first kappa shape index (κ1) is 12.6. The number of carbonyl (C=O) groups is 2. The third-order valence-corrected chi connectivity index (χ3v) is 2.71. The summed E-state index contributed by atoms with van der Waals surface area (Å²) in [5, 5.41) is 27.6. The number of carboxylic acid groups (broad SMARTS) is 1. The van der Waals surface area contributed by atoms with Crippen LogP contribution in [0.25, 0.3) is 0 Å². The average Bonchev–Trinajstić information content (AvgIpc) is 2.74. The highest BCUT2D eigenvalue weighted by Gasteiger charge is 2.31. The summed E-state index contributed by atoms with van der Waals surface area (Å²) in [7, 11) is 1.04. The van der Waals surface area contributed by atoms with Crippen LogP contribution >= 0.6 is 11.3 Å². The van der Waals surface area contributed by atoms with E-state index in [4.69, 9.17) is 5.11 Å². The van der Waals surface area contributed by atoms with Crippen molar-refractivity contribution < 1.29 is 29.6 Å². The topological polar surface area (TPSA) is 117 Å². The molecule has 3 N–H and O–H groups in total. The Labute approximate surface area is 93.9 Å². The zero-order valence-corrected chi connectivity index (χ0v) is 8.97. The van der Waals surface area contributed by atoms with Gasteiger partial charge >= 0.3 is 11.9 Å². The number of aliphatic hydroxyl groups excluding tert-OH is 2. The van der Waals surface area contributed by atoms with E-state index in [9.17, 15) is 19.8 Å². The van der Waals surface area contributed by atoms with Crippen LogP contribution in [0, 0.1) is 0 Å². The second-order valence-corrected chi connectivity index (χ2v) is 3.67. The molecular weight excluding hydrogens is 238 g/mol. The maximum Gasteiger partial charge on any atom is 0.355 e. The Morgan fingerprint density at radius 3 is 2.62 bits per heavy atom. The minimum atomic E-state index is -1.83. The minimum absolute atomic E-state index is 0.0922. The second-order valence-electron chi connectivity index (χ2n) is 2.78. The summed E-state index contributed by atoms with van der Waals surface area (Å²) in [5.74, 6) is -2.38. The van der Waals surface area contributed by atoms with Gasteiger partial charge in [-0.25, -0.2) is 14.6 Å². The molecule has 0 bridgehead atoms. The van der Waals surface area contributed by atoms with E-state index < -0.39 is 24.1 Å². The molecule has 8 heteroatoms. The summed E-state index contributed by atoms with van der Waals surface area (Å²) in [4.78, 5) is 25.0. The summed E-state index contributed by atoms with van der Waals surface area (Å²) in [5.41, 5.74) is 0.812. The molecule has 0 aliphatic rings. The maximum atomic E-state index is 10.9. The smallest absolute Gasteiger partial charge is 0.355 e. The average molecular weight is 247 g/mol. The molecule has 0 saturated carbocycles. The van der Waals surface area contributed by atoms with Crippen molar-refractivity contribution in [3.05, 3.63) is 16.1 Å². The van der Waals surface area contributed by atoms with Crippen molar-refractivity contribution in [1.29, 1.82) is 0 Å². The first-order chi connectivity index (χ1) is 7.49. The summed E-state index contributed by atoms with van der Waals surface area (Å²) >= 11 is 0.832. The zero-order chi connectivity index (χ0) is 12.3. The predicted molar refractivity (Wildman–Crippen MR) is 52.1 cm³/mol. The van der Waals surface area contributed by atoms with Gasteiger partial charge < -0.3 is 20.1 Å². The predicted octanol–water partition coefficient (Wildman–Crippen LogP) is -0.591. The quantitative estimate of drug-likeness (QED) is 0.608. The van der Waals surface area contributed by atoms with E-state index in [1.165, 1.54) is 5.51 Å². The van der Waals surface area contributed by atoms with E-state index in [0.29, 0.717) is 0 Å². The second kappa shape index (κ2) is 5.01.